The highest BCUT2D eigenvalue weighted by atomic mass is 32.2. The summed E-state index contributed by atoms with van der Waals surface area (Å²) in [5, 5.41) is 4.75. The third-order valence-electron chi connectivity index (χ3n) is 3.58. The number of carbonyl (C=O) groups is 3. The average Bonchev–Trinajstić information content (AvgIpc) is 3.32. The van der Waals surface area contributed by atoms with E-state index in [0.29, 0.717) is 5.75 Å². The van der Waals surface area contributed by atoms with Gasteiger partial charge in [-0.05, 0) is 49.9 Å². The highest BCUT2D eigenvalue weighted by molar-refractivity contribution is 7.99. The Bertz CT molecular complexity index is 629. The predicted octanol–water partition coefficient (Wildman–Crippen LogP) is 2.32. The van der Waals surface area contributed by atoms with Crippen LogP contribution in [0.15, 0.2) is 23.1 Å². The number of urea groups is 1. The minimum Gasteiger partial charge on any atom is -0.456 e. The van der Waals surface area contributed by atoms with Crippen LogP contribution in [0.1, 0.15) is 30.4 Å². The first-order valence-electron chi connectivity index (χ1n) is 7.90. The van der Waals surface area contributed by atoms with Gasteiger partial charge < -0.3 is 10.1 Å². The van der Waals surface area contributed by atoms with Gasteiger partial charge in [-0.25, -0.2) is 4.79 Å². The molecule has 0 atom stereocenters. The molecule has 6 nitrogen and oxygen atoms in total. The second-order valence-electron chi connectivity index (χ2n) is 5.80. The van der Waals surface area contributed by atoms with Crippen LogP contribution in [-0.4, -0.2) is 36.3 Å². The number of imide groups is 1. The Labute approximate surface area is 145 Å². The molecule has 0 unspecified atom stereocenters. The van der Waals surface area contributed by atoms with Gasteiger partial charge in [0.25, 0.3) is 5.91 Å². The lowest BCUT2D eigenvalue weighted by atomic mass is 10.1. The fourth-order valence-electron chi connectivity index (χ4n) is 1.89. The Kier molecular flexibility index (Phi) is 6.66. The molecule has 24 heavy (non-hydrogen) atoms. The number of rotatable bonds is 7. The number of ether oxygens (including phenoxy) is 1. The van der Waals surface area contributed by atoms with Crippen molar-refractivity contribution in [3.05, 3.63) is 29.3 Å². The quantitative estimate of drug-likeness (QED) is 0.582. The van der Waals surface area contributed by atoms with Crippen LogP contribution in [0.5, 0.6) is 0 Å². The van der Waals surface area contributed by atoms with Gasteiger partial charge in [-0.15, -0.1) is 11.8 Å². The number of nitrogens with one attached hydrogen (secondary N) is 2. The van der Waals surface area contributed by atoms with Crippen molar-refractivity contribution in [2.45, 2.75) is 44.0 Å². The summed E-state index contributed by atoms with van der Waals surface area (Å²) in [5.41, 5.74) is 2.44. The highest BCUT2D eigenvalue weighted by Gasteiger charge is 2.24. The topological polar surface area (TPSA) is 84.5 Å². The molecule has 1 aliphatic carbocycles. The number of thioether (sulfide) groups is 1. The maximum absolute atomic E-state index is 11.6. The van der Waals surface area contributed by atoms with E-state index in [2.05, 4.69) is 23.6 Å². The van der Waals surface area contributed by atoms with Gasteiger partial charge in [-0.2, -0.15) is 0 Å². The molecule has 2 N–H and O–H groups in total. The molecule has 0 spiro atoms. The molecule has 0 aromatic heterocycles. The summed E-state index contributed by atoms with van der Waals surface area (Å²) in [4.78, 5) is 35.5. The third kappa shape index (κ3) is 6.62. The van der Waals surface area contributed by atoms with Crippen molar-refractivity contribution < 1.29 is 19.1 Å². The van der Waals surface area contributed by atoms with Crippen molar-refractivity contribution in [1.29, 1.82) is 0 Å². The Morgan fingerprint density at radius 1 is 1.21 bits per heavy atom. The van der Waals surface area contributed by atoms with E-state index in [-0.39, 0.29) is 12.5 Å². The molecule has 0 heterocycles. The van der Waals surface area contributed by atoms with Gasteiger partial charge >= 0.3 is 12.0 Å². The number of esters is 1. The zero-order chi connectivity index (χ0) is 17.5. The lowest BCUT2D eigenvalue weighted by Crippen LogP contribution is -2.42. The first-order chi connectivity index (χ1) is 11.4. The van der Waals surface area contributed by atoms with Crippen molar-refractivity contribution >= 4 is 29.7 Å². The molecular formula is C17H22N2O4S. The van der Waals surface area contributed by atoms with Crippen LogP contribution in [0.2, 0.25) is 0 Å². The molecule has 0 aliphatic heterocycles. The fourth-order valence-corrected chi connectivity index (χ4v) is 2.81. The number of hydrogen-bond donors (Lipinski definition) is 2. The van der Waals surface area contributed by atoms with E-state index in [4.69, 9.17) is 4.74 Å². The number of amides is 3. The molecule has 7 heteroatoms. The van der Waals surface area contributed by atoms with Crippen LogP contribution in [0.4, 0.5) is 4.79 Å². The van der Waals surface area contributed by atoms with Crippen LogP contribution in [0.25, 0.3) is 0 Å². The second-order valence-corrected chi connectivity index (χ2v) is 6.97. The number of carbonyl (C=O) groups excluding carboxylic acids is 3. The lowest BCUT2D eigenvalue weighted by Gasteiger charge is -2.07. The summed E-state index contributed by atoms with van der Waals surface area (Å²) < 4.78 is 4.86. The van der Waals surface area contributed by atoms with Gasteiger partial charge in [-0.3, -0.25) is 14.9 Å². The molecule has 0 saturated heterocycles. The molecule has 1 aromatic rings. The number of hydrogen-bond acceptors (Lipinski definition) is 5. The van der Waals surface area contributed by atoms with E-state index < -0.39 is 24.5 Å². The number of benzene rings is 1. The summed E-state index contributed by atoms with van der Waals surface area (Å²) in [6, 6.07) is 5.78. The molecule has 0 radical (unpaired) electrons. The van der Waals surface area contributed by atoms with E-state index in [9.17, 15) is 14.4 Å². The summed E-state index contributed by atoms with van der Waals surface area (Å²) in [5.74, 6) is -0.502. The molecule has 1 aromatic carbocycles. The van der Waals surface area contributed by atoms with E-state index in [0.717, 1.165) is 17.7 Å². The maximum Gasteiger partial charge on any atom is 0.321 e. The molecule has 1 saturated carbocycles. The first-order valence-corrected chi connectivity index (χ1v) is 8.88. The van der Waals surface area contributed by atoms with Crippen molar-refractivity contribution in [3.8, 4) is 0 Å². The summed E-state index contributed by atoms with van der Waals surface area (Å²) in [7, 11) is 0. The summed E-state index contributed by atoms with van der Waals surface area (Å²) in [6.07, 6.45) is 2.09. The average molecular weight is 350 g/mol. The van der Waals surface area contributed by atoms with Gasteiger partial charge in [0.05, 0.1) is 6.42 Å². The minimum absolute atomic E-state index is 0.169. The van der Waals surface area contributed by atoms with Crippen LogP contribution >= 0.6 is 11.8 Å². The van der Waals surface area contributed by atoms with Gasteiger partial charge in [0.2, 0.25) is 0 Å². The Morgan fingerprint density at radius 3 is 2.62 bits per heavy atom. The zero-order valence-corrected chi connectivity index (χ0v) is 14.7. The molecular weight excluding hydrogens is 328 g/mol. The first kappa shape index (κ1) is 18.3. The van der Waals surface area contributed by atoms with Gasteiger partial charge in [0.15, 0.2) is 6.61 Å². The highest BCUT2D eigenvalue weighted by Crippen LogP contribution is 2.21. The smallest absolute Gasteiger partial charge is 0.321 e. The fraction of sp³-hybridized carbons (Fsp3) is 0.471. The van der Waals surface area contributed by atoms with Crippen LogP contribution in [0, 0.1) is 13.8 Å². The van der Waals surface area contributed by atoms with E-state index in [1.807, 2.05) is 19.1 Å². The van der Waals surface area contributed by atoms with Crippen molar-refractivity contribution in [2.24, 2.45) is 0 Å². The second kappa shape index (κ2) is 8.73. The lowest BCUT2D eigenvalue weighted by molar-refractivity contribution is -0.147. The Morgan fingerprint density at radius 2 is 1.96 bits per heavy atom. The largest absolute Gasteiger partial charge is 0.456 e. The van der Waals surface area contributed by atoms with Crippen molar-refractivity contribution in [2.75, 3.05) is 12.4 Å². The minimum atomic E-state index is -0.622. The molecule has 130 valence electrons. The van der Waals surface area contributed by atoms with Crippen LogP contribution < -0.4 is 10.6 Å². The molecule has 2 rings (SSSR count). The van der Waals surface area contributed by atoms with E-state index in [1.54, 1.807) is 11.8 Å². The number of aryl methyl sites for hydroxylation is 2. The normalized spacial score (nSPS) is 13.2. The Balaban J connectivity index is 1.59. The van der Waals surface area contributed by atoms with Gasteiger partial charge in [0, 0.05) is 16.7 Å². The van der Waals surface area contributed by atoms with E-state index >= 15 is 0 Å². The SMILES string of the molecule is Cc1ccc(SCCC(=O)OCC(=O)NC(=O)NC2CC2)cc1C. The van der Waals surface area contributed by atoms with E-state index in [1.165, 1.54) is 11.1 Å². The van der Waals surface area contributed by atoms with Crippen LogP contribution in [0.3, 0.4) is 0 Å². The van der Waals surface area contributed by atoms with Crippen molar-refractivity contribution in [3.63, 3.8) is 0 Å². The summed E-state index contributed by atoms with van der Waals surface area (Å²) in [6.45, 7) is 3.66. The monoisotopic (exact) mass is 350 g/mol. The Hall–Kier alpha value is -2.02. The molecule has 1 fully saturated rings. The van der Waals surface area contributed by atoms with Gasteiger partial charge in [-0.1, -0.05) is 6.07 Å². The molecule has 3 amide bonds. The zero-order valence-electron chi connectivity index (χ0n) is 13.9. The summed E-state index contributed by atoms with van der Waals surface area (Å²) >= 11 is 1.56. The molecule has 0 bridgehead atoms. The van der Waals surface area contributed by atoms with Gasteiger partial charge in [0.1, 0.15) is 0 Å². The predicted molar refractivity (Wildman–Crippen MR) is 91.9 cm³/mol. The standard InChI is InChI=1S/C17H22N2O4S/c1-11-3-6-14(9-12(11)2)24-8-7-16(21)23-10-15(20)19-17(22)18-13-4-5-13/h3,6,9,13H,4-5,7-8,10H2,1-2H3,(H2,18,19,20,22). The molecule has 1 aliphatic rings. The third-order valence-corrected chi connectivity index (χ3v) is 4.58. The van der Waals surface area contributed by atoms with Crippen LogP contribution in [-0.2, 0) is 14.3 Å². The maximum atomic E-state index is 11.6. The van der Waals surface area contributed by atoms with Crippen molar-refractivity contribution in [1.82, 2.24) is 10.6 Å².